The number of methoxy groups -OCH3 is 1. The third-order valence-corrected chi connectivity index (χ3v) is 3.53. The summed E-state index contributed by atoms with van der Waals surface area (Å²) < 4.78 is 18.9. The quantitative estimate of drug-likeness (QED) is 0.795. The highest BCUT2D eigenvalue weighted by Gasteiger charge is 2.06. The number of hydrogen-bond acceptors (Lipinski definition) is 5. The van der Waals surface area contributed by atoms with E-state index in [9.17, 15) is 4.39 Å². The molecule has 1 aromatic carbocycles. The van der Waals surface area contributed by atoms with Crippen molar-refractivity contribution in [3.8, 4) is 0 Å². The summed E-state index contributed by atoms with van der Waals surface area (Å²) in [7, 11) is 1.65. The Hall–Kier alpha value is -1.50. The van der Waals surface area contributed by atoms with E-state index in [1.807, 2.05) is 6.07 Å². The molecule has 6 heteroatoms. The first kappa shape index (κ1) is 14.9. The van der Waals surface area contributed by atoms with Crippen LogP contribution in [0.5, 0.6) is 0 Å². The summed E-state index contributed by atoms with van der Waals surface area (Å²) in [5.41, 5.74) is 0.905. The van der Waals surface area contributed by atoms with Gasteiger partial charge >= 0.3 is 0 Å². The van der Waals surface area contributed by atoms with Gasteiger partial charge in [0.2, 0.25) is 0 Å². The number of hydrogen-bond donors (Lipinski definition) is 1. The molecule has 0 amide bonds. The minimum Gasteiger partial charge on any atom is -0.383 e. The van der Waals surface area contributed by atoms with E-state index < -0.39 is 0 Å². The van der Waals surface area contributed by atoms with Crippen molar-refractivity contribution in [2.45, 2.75) is 16.5 Å². The predicted molar refractivity (Wildman–Crippen MR) is 76.1 cm³/mol. The van der Waals surface area contributed by atoms with Crippen LogP contribution in [-0.4, -0.2) is 30.2 Å². The second-order valence-corrected chi connectivity index (χ2v) is 5.14. The van der Waals surface area contributed by atoms with Crippen LogP contribution in [0, 0.1) is 5.82 Å². The molecule has 2 rings (SSSR count). The van der Waals surface area contributed by atoms with Crippen LogP contribution in [0.4, 0.5) is 4.39 Å². The highest BCUT2D eigenvalue weighted by molar-refractivity contribution is 7.99. The second-order valence-electron chi connectivity index (χ2n) is 4.08. The lowest BCUT2D eigenvalue weighted by atomic mass is 10.2. The fraction of sp³-hybridized carbons (Fsp3) is 0.286. The van der Waals surface area contributed by atoms with Crippen LogP contribution in [0.1, 0.15) is 5.56 Å². The van der Waals surface area contributed by atoms with Crippen LogP contribution in [0.25, 0.3) is 0 Å². The third-order valence-electron chi connectivity index (χ3n) is 2.56. The van der Waals surface area contributed by atoms with Crippen LogP contribution >= 0.6 is 11.8 Å². The highest BCUT2D eigenvalue weighted by atomic mass is 32.2. The summed E-state index contributed by atoms with van der Waals surface area (Å²) >= 11 is 1.27. The molecular weight excluding hydrogens is 277 g/mol. The van der Waals surface area contributed by atoms with E-state index in [0.29, 0.717) is 23.1 Å². The van der Waals surface area contributed by atoms with Crippen molar-refractivity contribution in [3.05, 3.63) is 48.2 Å². The molecular formula is C14H16FN3OS. The lowest BCUT2D eigenvalue weighted by Crippen LogP contribution is -2.18. The van der Waals surface area contributed by atoms with Gasteiger partial charge in [-0.3, -0.25) is 4.98 Å². The summed E-state index contributed by atoms with van der Waals surface area (Å²) in [5.74, 6) is -0.244. The van der Waals surface area contributed by atoms with Gasteiger partial charge in [0.1, 0.15) is 10.8 Å². The van der Waals surface area contributed by atoms with E-state index in [2.05, 4.69) is 15.3 Å². The molecule has 0 unspecified atom stereocenters. The summed E-state index contributed by atoms with van der Waals surface area (Å²) in [4.78, 5) is 8.62. The summed E-state index contributed by atoms with van der Waals surface area (Å²) in [6.45, 7) is 2.01. The first-order valence-corrected chi connectivity index (χ1v) is 7.03. The number of nitrogens with zero attached hydrogens (tertiary/aromatic N) is 2. The maximum absolute atomic E-state index is 14.0. The Morgan fingerprint density at radius 1 is 1.35 bits per heavy atom. The van der Waals surface area contributed by atoms with Gasteiger partial charge in [0.05, 0.1) is 12.8 Å². The lowest BCUT2D eigenvalue weighted by molar-refractivity contribution is 0.199. The minimum absolute atomic E-state index is 0.244. The molecule has 20 heavy (non-hydrogen) atoms. The van der Waals surface area contributed by atoms with Gasteiger partial charge < -0.3 is 10.1 Å². The fourth-order valence-corrected chi connectivity index (χ4v) is 2.34. The molecule has 1 heterocycles. The van der Waals surface area contributed by atoms with Gasteiger partial charge in [0.25, 0.3) is 0 Å². The zero-order valence-electron chi connectivity index (χ0n) is 11.2. The Balaban J connectivity index is 1.95. The van der Waals surface area contributed by atoms with Crippen molar-refractivity contribution in [1.29, 1.82) is 0 Å². The van der Waals surface area contributed by atoms with E-state index in [0.717, 1.165) is 12.1 Å². The average molecular weight is 293 g/mol. The highest BCUT2D eigenvalue weighted by Crippen LogP contribution is 2.28. The molecule has 0 aliphatic rings. The van der Waals surface area contributed by atoms with Gasteiger partial charge in [-0.05, 0) is 17.7 Å². The largest absolute Gasteiger partial charge is 0.383 e. The van der Waals surface area contributed by atoms with Gasteiger partial charge in [-0.15, -0.1) is 0 Å². The van der Waals surface area contributed by atoms with E-state index in [-0.39, 0.29) is 5.82 Å². The summed E-state index contributed by atoms with van der Waals surface area (Å²) in [6.07, 6.45) is 4.80. The van der Waals surface area contributed by atoms with Crippen molar-refractivity contribution < 1.29 is 9.13 Å². The zero-order valence-corrected chi connectivity index (χ0v) is 12.0. The predicted octanol–water partition coefficient (Wildman–Crippen LogP) is 2.50. The normalized spacial score (nSPS) is 10.7. The summed E-state index contributed by atoms with van der Waals surface area (Å²) in [5, 5.41) is 3.86. The zero-order chi connectivity index (χ0) is 14.2. The number of nitrogens with one attached hydrogen (secondary N) is 1. The minimum atomic E-state index is -0.244. The van der Waals surface area contributed by atoms with E-state index in [4.69, 9.17) is 4.74 Å². The molecule has 1 aromatic heterocycles. The SMILES string of the molecule is COCCNCc1ccc(Sc2cnccn2)c(F)c1. The number of halogens is 1. The van der Waals surface area contributed by atoms with E-state index in [1.165, 1.54) is 11.8 Å². The summed E-state index contributed by atoms with van der Waals surface area (Å²) in [6, 6.07) is 5.21. The Bertz CT molecular complexity index is 539. The van der Waals surface area contributed by atoms with Crippen molar-refractivity contribution >= 4 is 11.8 Å². The van der Waals surface area contributed by atoms with Gasteiger partial charge in [-0.1, -0.05) is 17.8 Å². The molecule has 0 saturated carbocycles. The smallest absolute Gasteiger partial charge is 0.137 e. The lowest BCUT2D eigenvalue weighted by Gasteiger charge is -2.07. The van der Waals surface area contributed by atoms with Crippen LogP contribution < -0.4 is 5.32 Å². The van der Waals surface area contributed by atoms with Crippen LogP contribution in [0.3, 0.4) is 0 Å². The standard InChI is InChI=1S/C14H16FN3OS/c1-19-7-6-17-9-11-2-3-13(12(15)8-11)20-14-10-16-4-5-18-14/h2-5,8,10,17H,6-7,9H2,1H3. The van der Waals surface area contributed by atoms with Gasteiger partial charge in [0, 0.05) is 37.5 Å². The number of benzene rings is 1. The van der Waals surface area contributed by atoms with E-state index >= 15 is 0 Å². The first-order valence-electron chi connectivity index (χ1n) is 6.21. The molecule has 2 aromatic rings. The molecule has 106 valence electrons. The number of aromatic nitrogens is 2. The van der Waals surface area contributed by atoms with Crippen LogP contribution in [0.2, 0.25) is 0 Å². The van der Waals surface area contributed by atoms with Crippen LogP contribution in [0.15, 0.2) is 46.7 Å². The van der Waals surface area contributed by atoms with Gasteiger partial charge in [0.15, 0.2) is 0 Å². The van der Waals surface area contributed by atoms with Gasteiger partial charge in [-0.2, -0.15) is 0 Å². The fourth-order valence-electron chi connectivity index (χ4n) is 1.59. The molecule has 0 spiro atoms. The molecule has 0 fully saturated rings. The Morgan fingerprint density at radius 3 is 2.95 bits per heavy atom. The van der Waals surface area contributed by atoms with Crippen molar-refractivity contribution in [2.24, 2.45) is 0 Å². The maximum Gasteiger partial charge on any atom is 0.137 e. The van der Waals surface area contributed by atoms with Crippen LogP contribution in [-0.2, 0) is 11.3 Å². The number of ether oxygens (including phenoxy) is 1. The maximum atomic E-state index is 14.0. The van der Waals surface area contributed by atoms with Gasteiger partial charge in [-0.25, -0.2) is 9.37 Å². The Labute approximate surface area is 121 Å². The average Bonchev–Trinajstić information content (AvgIpc) is 2.47. The first-order chi connectivity index (χ1) is 9.79. The Kier molecular flexibility index (Phi) is 5.91. The van der Waals surface area contributed by atoms with Crippen molar-refractivity contribution in [3.63, 3.8) is 0 Å². The van der Waals surface area contributed by atoms with E-state index in [1.54, 1.807) is 37.8 Å². The Morgan fingerprint density at radius 2 is 2.25 bits per heavy atom. The monoisotopic (exact) mass is 293 g/mol. The molecule has 0 aliphatic heterocycles. The molecule has 4 nitrogen and oxygen atoms in total. The third kappa shape index (κ3) is 4.56. The molecule has 0 atom stereocenters. The molecule has 0 saturated heterocycles. The topological polar surface area (TPSA) is 47.0 Å². The number of rotatable bonds is 7. The van der Waals surface area contributed by atoms with Crippen molar-refractivity contribution in [1.82, 2.24) is 15.3 Å². The second kappa shape index (κ2) is 7.94. The molecule has 0 radical (unpaired) electrons. The molecule has 0 aliphatic carbocycles. The molecule has 0 bridgehead atoms. The van der Waals surface area contributed by atoms with Crippen molar-refractivity contribution in [2.75, 3.05) is 20.3 Å². The molecule has 1 N–H and O–H groups in total.